The fourth-order valence-corrected chi connectivity index (χ4v) is 12.0. The lowest BCUT2D eigenvalue weighted by molar-refractivity contribution is 0.671. The summed E-state index contributed by atoms with van der Waals surface area (Å²) in [5.41, 5.74) is 9.31. The quantitative estimate of drug-likeness (QED) is 0.164. The van der Waals surface area contributed by atoms with Gasteiger partial charge in [-0.1, -0.05) is 146 Å². The molecule has 0 radical (unpaired) electrons. The standard InChI is InChI=1S/C54H30OS2/c1-2-13-31(14-3-1)48-35-17-6-8-19-37(35)49(38-20-9-7-18-36(38)48)33-25-27-46-42(30-33)39-22-12-23-41(54(39)57-46)50-34-16-5-4-15-32(34)29-43-51-44(55-53(43)50)26-28-47-52(51)40-21-10-11-24-45(40)56-47/h1-30H. The molecule has 0 saturated carbocycles. The van der Waals surface area contributed by atoms with Gasteiger partial charge in [0.05, 0.1) is 0 Å². The SMILES string of the molecule is c1ccc(-c2c3ccccc3c(-c3ccc4sc5c(-c6c7ccccc7cc7c6oc6ccc8sc9ccccc9c8c67)cccc5c4c3)c3ccccc23)cc1. The summed E-state index contributed by atoms with van der Waals surface area (Å²) in [6.45, 7) is 0. The molecule has 0 saturated heterocycles. The summed E-state index contributed by atoms with van der Waals surface area (Å²) in [7, 11) is 0. The first-order valence-corrected chi connectivity index (χ1v) is 21.0. The van der Waals surface area contributed by atoms with E-state index in [1.54, 1.807) is 0 Å². The molecule has 13 aromatic rings. The number of furan rings is 1. The van der Waals surface area contributed by atoms with E-state index in [4.69, 9.17) is 4.42 Å². The summed E-state index contributed by atoms with van der Waals surface area (Å²) >= 11 is 3.74. The fourth-order valence-electron chi connectivity index (χ4n) is 9.65. The van der Waals surface area contributed by atoms with Crippen LogP contribution in [0.4, 0.5) is 0 Å². The van der Waals surface area contributed by atoms with Crippen molar-refractivity contribution in [2.75, 3.05) is 0 Å². The number of rotatable bonds is 3. The zero-order valence-electron chi connectivity index (χ0n) is 30.5. The Bertz CT molecular complexity index is 3750. The van der Waals surface area contributed by atoms with Crippen molar-refractivity contribution in [2.24, 2.45) is 0 Å². The Kier molecular flexibility index (Phi) is 6.54. The molecule has 0 aliphatic rings. The number of thiophene rings is 2. The van der Waals surface area contributed by atoms with Crippen molar-refractivity contribution < 1.29 is 4.42 Å². The van der Waals surface area contributed by atoms with E-state index in [-0.39, 0.29) is 0 Å². The average molecular weight is 759 g/mol. The summed E-state index contributed by atoms with van der Waals surface area (Å²) in [6, 6.07) is 66.9. The molecule has 0 N–H and O–H groups in total. The molecule has 57 heavy (non-hydrogen) atoms. The van der Waals surface area contributed by atoms with Gasteiger partial charge in [0.1, 0.15) is 11.2 Å². The third-order valence-electron chi connectivity index (χ3n) is 12.0. The molecule has 0 spiro atoms. The Morgan fingerprint density at radius 3 is 1.72 bits per heavy atom. The van der Waals surface area contributed by atoms with E-state index in [9.17, 15) is 0 Å². The van der Waals surface area contributed by atoms with Gasteiger partial charge in [0.15, 0.2) is 0 Å². The Morgan fingerprint density at radius 1 is 0.333 bits per heavy atom. The van der Waals surface area contributed by atoms with Crippen molar-refractivity contribution in [1.82, 2.24) is 0 Å². The highest BCUT2D eigenvalue weighted by Crippen LogP contribution is 2.50. The number of hydrogen-bond acceptors (Lipinski definition) is 3. The van der Waals surface area contributed by atoms with Crippen LogP contribution in [-0.2, 0) is 0 Å². The van der Waals surface area contributed by atoms with Gasteiger partial charge in [-0.3, -0.25) is 0 Å². The molecular formula is C54H30OS2. The smallest absolute Gasteiger partial charge is 0.143 e. The summed E-state index contributed by atoms with van der Waals surface area (Å²) in [5.74, 6) is 0. The summed E-state index contributed by atoms with van der Waals surface area (Å²) in [4.78, 5) is 0. The molecule has 0 aliphatic heterocycles. The van der Waals surface area contributed by atoms with E-state index in [1.165, 1.54) is 111 Å². The summed E-state index contributed by atoms with van der Waals surface area (Å²) < 4.78 is 12.2. The van der Waals surface area contributed by atoms with Gasteiger partial charge in [0.2, 0.25) is 0 Å². The minimum Gasteiger partial charge on any atom is -0.455 e. The molecule has 0 unspecified atom stereocenters. The summed E-state index contributed by atoms with van der Waals surface area (Å²) in [6.07, 6.45) is 0. The van der Waals surface area contributed by atoms with Crippen molar-refractivity contribution in [3.63, 3.8) is 0 Å². The fraction of sp³-hybridized carbons (Fsp3) is 0. The molecule has 3 heterocycles. The highest BCUT2D eigenvalue weighted by molar-refractivity contribution is 7.26. The molecule has 13 rings (SSSR count). The van der Waals surface area contributed by atoms with Crippen molar-refractivity contribution in [2.45, 2.75) is 0 Å². The van der Waals surface area contributed by atoms with Crippen molar-refractivity contribution >= 4 is 117 Å². The molecule has 264 valence electrons. The molecule has 0 aliphatic carbocycles. The van der Waals surface area contributed by atoms with E-state index in [2.05, 4.69) is 182 Å². The second-order valence-corrected chi connectivity index (χ2v) is 17.2. The second-order valence-electron chi connectivity index (χ2n) is 15.1. The molecule has 10 aromatic carbocycles. The molecule has 3 aromatic heterocycles. The van der Waals surface area contributed by atoms with Crippen LogP contribution in [0, 0.1) is 0 Å². The van der Waals surface area contributed by atoms with E-state index in [0.717, 1.165) is 16.7 Å². The van der Waals surface area contributed by atoms with Crippen LogP contribution >= 0.6 is 22.7 Å². The lowest BCUT2D eigenvalue weighted by atomic mass is 9.86. The zero-order valence-corrected chi connectivity index (χ0v) is 32.2. The van der Waals surface area contributed by atoms with Crippen LogP contribution in [0.25, 0.3) is 128 Å². The predicted octanol–water partition coefficient (Wildman–Crippen LogP) is 16.8. The predicted molar refractivity (Wildman–Crippen MR) is 248 cm³/mol. The van der Waals surface area contributed by atoms with Crippen LogP contribution in [0.5, 0.6) is 0 Å². The van der Waals surface area contributed by atoms with Gasteiger partial charge in [-0.05, 0) is 91.0 Å². The third-order valence-corrected chi connectivity index (χ3v) is 14.4. The molecule has 3 heteroatoms. The van der Waals surface area contributed by atoms with Crippen LogP contribution in [0.15, 0.2) is 186 Å². The first-order valence-electron chi connectivity index (χ1n) is 19.4. The van der Waals surface area contributed by atoms with Crippen LogP contribution in [0.3, 0.4) is 0 Å². The Hall–Kier alpha value is -6.78. The largest absolute Gasteiger partial charge is 0.455 e. The summed E-state index contributed by atoms with van der Waals surface area (Å²) in [5, 5.41) is 15.0. The van der Waals surface area contributed by atoms with E-state index in [1.807, 2.05) is 22.7 Å². The van der Waals surface area contributed by atoms with E-state index < -0.39 is 0 Å². The first kappa shape index (κ1) is 31.4. The van der Waals surface area contributed by atoms with Crippen molar-refractivity contribution in [3.8, 4) is 33.4 Å². The van der Waals surface area contributed by atoms with Gasteiger partial charge in [-0.15, -0.1) is 22.7 Å². The Labute approximate surface area is 335 Å². The first-order chi connectivity index (χ1) is 28.3. The van der Waals surface area contributed by atoms with Gasteiger partial charge in [-0.2, -0.15) is 0 Å². The lowest BCUT2D eigenvalue weighted by Gasteiger charge is -2.17. The Balaban J connectivity index is 1.09. The highest BCUT2D eigenvalue weighted by Gasteiger charge is 2.23. The number of fused-ring (bicyclic) bond motifs is 13. The maximum Gasteiger partial charge on any atom is 0.143 e. The Morgan fingerprint density at radius 2 is 0.947 bits per heavy atom. The molecule has 0 fully saturated rings. The number of hydrogen-bond donors (Lipinski definition) is 0. The van der Waals surface area contributed by atoms with E-state index >= 15 is 0 Å². The lowest BCUT2D eigenvalue weighted by Crippen LogP contribution is -1.90. The minimum atomic E-state index is 0.934. The zero-order chi connectivity index (χ0) is 37.2. The van der Waals surface area contributed by atoms with Gasteiger partial charge in [0.25, 0.3) is 0 Å². The van der Waals surface area contributed by atoms with Crippen LogP contribution in [0.2, 0.25) is 0 Å². The second kappa shape index (κ2) is 11.9. The van der Waals surface area contributed by atoms with Gasteiger partial charge in [0, 0.05) is 62.2 Å². The van der Waals surface area contributed by atoms with Crippen molar-refractivity contribution in [3.05, 3.63) is 182 Å². The van der Waals surface area contributed by atoms with Gasteiger partial charge in [-0.25, -0.2) is 0 Å². The van der Waals surface area contributed by atoms with Crippen LogP contribution in [0.1, 0.15) is 0 Å². The van der Waals surface area contributed by atoms with Crippen LogP contribution in [-0.4, -0.2) is 0 Å². The average Bonchev–Trinajstić information content (AvgIpc) is 3.96. The maximum absolute atomic E-state index is 7.01. The van der Waals surface area contributed by atoms with Crippen molar-refractivity contribution in [1.29, 1.82) is 0 Å². The molecule has 1 nitrogen and oxygen atoms in total. The highest BCUT2D eigenvalue weighted by atomic mass is 32.1. The van der Waals surface area contributed by atoms with Crippen LogP contribution < -0.4 is 0 Å². The molecule has 0 amide bonds. The molecular weight excluding hydrogens is 729 g/mol. The molecule has 0 bridgehead atoms. The number of benzene rings is 10. The molecule has 0 atom stereocenters. The third kappa shape index (κ3) is 4.44. The topological polar surface area (TPSA) is 13.1 Å². The van der Waals surface area contributed by atoms with Gasteiger partial charge < -0.3 is 4.42 Å². The maximum atomic E-state index is 7.01. The van der Waals surface area contributed by atoms with Gasteiger partial charge >= 0.3 is 0 Å². The van der Waals surface area contributed by atoms with E-state index in [0.29, 0.717) is 0 Å². The monoisotopic (exact) mass is 758 g/mol. The minimum absolute atomic E-state index is 0.934. The normalized spacial score (nSPS) is 12.2.